The first-order chi connectivity index (χ1) is 7.22. The molecule has 1 aromatic rings. The number of anilines is 1. The van der Waals surface area contributed by atoms with Gasteiger partial charge in [-0.2, -0.15) is 0 Å². The minimum Gasteiger partial charge on any atom is -0.351 e. The van der Waals surface area contributed by atoms with Crippen LogP contribution in [0.25, 0.3) is 0 Å². The normalized spacial score (nSPS) is 8.87. The van der Waals surface area contributed by atoms with Crippen molar-refractivity contribution in [1.82, 2.24) is 5.32 Å². The van der Waals surface area contributed by atoms with Gasteiger partial charge >= 0.3 is 6.03 Å². The first-order valence-electron chi connectivity index (χ1n) is 4.52. The molecule has 0 saturated heterocycles. The van der Waals surface area contributed by atoms with E-state index < -0.39 is 6.03 Å². The van der Waals surface area contributed by atoms with Crippen molar-refractivity contribution in [3.8, 4) is 11.8 Å². The van der Waals surface area contributed by atoms with E-state index in [-0.39, 0.29) is 0 Å². The molecule has 4 N–H and O–H groups in total. The van der Waals surface area contributed by atoms with E-state index in [2.05, 4.69) is 22.5 Å². The monoisotopic (exact) mass is 203 g/mol. The maximum atomic E-state index is 10.6. The van der Waals surface area contributed by atoms with Gasteiger partial charge in [-0.25, -0.2) is 4.79 Å². The lowest BCUT2D eigenvalue weighted by Gasteiger charge is -2.00. The predicted octanol–water partition coefficient (Wildman–Crippen LogP) is 0.748. The zero-order valence-electron chi connectivity index (χ0n) is 8.50. The van der Waals surface area contributed by atoms with Crippen molar-refractivity contribution < 1.29 is 4.79 Å². The number of nitrogens with one attached hydrogen (secondary N) is 2. The number of primary amides is 1. The van der Waals surface area contributed by atoms with Gasteiger partial charge in [0.25, 0.3) is 0 Å². The van der Waals surface area contributed by atoms with E-state index in [1.165, 1.54) is 0 Å². The van der Waals surface area contributed by atoms with Crippen molar-refractivity contribution in [2.75, 3.05) is 18.9 Å². The first kappa shape index (κ1) is 11.1. The highest BCUT2D eigenvalue weighted by molar-refractivity contribution is 5.87. The van der Waals surface area contributed by atoms with Crippen LogP contribution in [0.4, 0.5) is 10.5 Å². The molecule has 1 aromatic carbocycles. The standard InChI is InChI=1S/C11H13N3O/c1-13-7-3-5-9-4-2-6-10(8-9)14-11(12)15/h2,4,6,8,13H,7H2,1H3,(H3,12,14,15). The number of nitrogens with two attached hydrogens (primary N) is 1. The number of carbonyl (C=O) groups excluding carboxylic acids is 1. The summed E-state index contributed by atoms with van der Waals surface area (Å²) >= 11 is 0. The number of rotatable bonds is 2. The summed E-state index contributed by atoms with van der Waals surface area (Å²) in [5.41, 5.74) is 6.50. The molecule has 0 radical (unpaired) electrons. The molecule has 0 spiro atoms. The van der Waals surface area contributed by atoms with Gasteiger partial charge in [-0.1, -0.05) is 17.9 Å². The van der Waals surface area contributed by atoms with E-state index in [4.69, 9.17) is 5.73 Å². The van der Waals surface area contributed by atoms with E-state index in [9.17, 15) is 4.79 Å². The molecule has 0 aliphatic heterocycles. The highest BCUT2D eigenvalue weighted by atomic mass is 16.2. The summed E-state index contributed by atoms with van der Waals surface area (Å²) in [7, 11) is 1.83. The molecule has 0 saturated carbocycles. The number of hydrogen-bond acceptors (Lipinski definition) is 2. The Hall–Kier alpha value is -1.99. The second-order valence-electron chi connectivity index (χ2n) is 2.90. The SMILES string of the molecule is CNCC#Cc1cccc(NC(N)=O)c1. The fourth-order valence-electron chi connectivity index (χ4n) is 1.05. The fourth-order valence-corrected chi connectivity index (χ4v) is 1.05. The third-order valence-electron chi connectivity index (χ3n) is 1.63. The summed E-state index contributed by atoms with van der Waals surface area (Å²) in [6, 6.07) is 6.64. The van der Waals surface area contributed by atoms with Crippen LogP contribution in [0.1, 0.15) is 5.56 Å². The highest BCUT2D eigenvalue weighted by Crippen LogP contribution is 2.08. The van der Waals surface area contributed by atoms with Crippen LogP contribution in [-0.4, -0.2) is 19.6 Å². The number of amides is 2. The Bertz CT molecular complexity index is 404. The summed E-state index contributed by atoms with van der Waals surface area (Å²) in [5, 5.41) is 5.41. The minimum absolute atomic E-state index is 0.574. The predicted molar refractivity (Wildman–Crippen MR) is 60.5 cm³/mol. The lowest BCUT2D eigenvalue weighted by atomic mass is 10.2. The van der Waals surface area contributed by atoms with Gasteiger partial charge in [0.15, 0.2) is 0 Å². The zero-order chi connectivity index (χ0) is 11.1. The molecular formula is C11H13N3O. The van der Waals surface area contributed by atoms with Crippen LogP contribution < -0.4 is 16.4 Å². The minimum atomic E-state index is -0.574. The van der Waals surface area contributed by atoms with Crippen LogP contribution in [0.2, 0.25) is 0 Å². The van der Waals surface area contributed by atoms with Crippen molar-refractivity contribution in [3.63, 3.8) is 0 Å². The van der Waals surface area contributed by atoms with Gasteiger partial charge in [-0.3, -0.25) is 0 Å². The fraction of sp³-hybridized carbons (Fsp3) is 0.182. The quantitative estimate of drug-likeness (QED) is 0.621. The lowest BCUT2D eigenvalue weighted by Crippen LogP contribution is -2.19. The molecule has 2 amide bonds. The van der Waals surface area contributed by atoms with E-state index in [0.717, 1.165) is 5.56 Å². The second-order valence-corrected chi connectivity index (χ2v) is 2.90. The summed E-state index contributed by atoms with van der Waals surface area (Å²) in [6.45, 7) is 0.632. The van der Waals surface area contributed by atoms with Gasteiger partial charge in [-0.15, -0.1) is 0 Å². The van der Waals surface area contributed by atoms with Crippen LogP contribution in [0.15, 0.2) is 24.3 Å². The van der Waals surface area contributed by atoms with E-state index in [0.29, 0.717) is 12.2 Å². The van der Waals surface area contributed by atoms with Crippen molar-refractivity contribution >= 4 is 11.7 Å². The molecule has 0 aliphatic carbocycles. The number of urea groups is 1. The molecule has 78 valence electrons. The Kier molecular flexibility index (Phi) is 4.20. The molecule has 1 rings (SSSR count). The Morgan fingerprint density at radius 1 is 1.53 bits per heavy atom. The Labute approximate surface area is 88.9 Å². The lowest BCUT2D eigenvalue weighted by molar-refractivity contribution is 0.259. The largest absolute Gasteiger partial charge is 0.351 e. The van der Waals surface area contributed by atoms with Crippen molar-refractivity contribution in [2.24, 2.45) is 5.73 Å². The van der Waals surface area contributed by atoms with E-state index in [1.807, 2.05) is 19.2 Å². The average molecular weight is 203 g/mol. The Morgan fingerprint density at radius 3 is 3.00 bits per heavy atom. The molecule has 0 aromatic heterocycles. The van der Waals surface area contributed by atoms with Gasteiger partial charge in [-0.05, 0) is 25.2 Å². The molecule has 0 unspecified atom stereocenters. The van der Waals surface area contributed by atoms with Crippen molar-refractivity contribution in [1.29, 1.82) is 0 Å². The average Bonchev–Trinajstić information content (AvgIpc) is 2.18. The van der Waals surface area contributed by atoms with Crippen LogP contribution in [0, 0.1) is 11.8 Å². The van der Waals surface area contributed by atoms with Crippen LogP contribution in [0.5, 0.6) is 0 Å². The summed E-state index contributed by atoms with van der Waals surface area (Å²) in [6.07, 6.45) is 0. The molecule has 4 heteroatoms. The molecule has 0 atom stereocenters. The third kappa shape index (κ3) is 4.16. The molecule has 15 heavy (non-hydrogen) atoms. The van der Waals surface area contributed by atoms with Crippen LogP contribution in [0.3, 0.4) is 0 Å². The maximum Gasteiger partial charge on any atom is 0.316 e. The summed E-state index contributed by atoms with van der Waals surface area (Å²) in [4.78, 5) is 10.6. The van der Waals surface area contributed by atoms with Gasteiger partial charge in [0.2, 0.25) is 0 Å². The van der Waals surface area contributed by atoms with Crippen molar-refractivity contribution in [2.45, 2.75) is 0 Å². The molecule has 4 nitrogen and oxygen atoms in total. The zero-order valence-corrected chi connectivity index (χ0v) is 8.50. The second kappa shape index (κ2) is 5.68. The first-order valence-corrected chi connectivity index (χ1v) is 4.52. The molecular weight excluding hydrogens is 190 g/mol. The van der Waals surface area contributed by atoms with Crippen LogP contribution >= 0.6 is 0 Å². The molecule has 0 heterocycles. The van der Waals surface area contributed by atoms with Crippen LogP contribution in [-0.2, 0) is 0 Å². The van der Waals surface area contributed by atoms with Gasteiger partial charge in [0.1, 0.15) is 0 Å². The Morgan fingerprint density at radius 2 is 2.33 bits per heavy atom. The Balaban J connectivity index is 2.75. The number of carbonyl (C=O) groups is 1. The topological polar surface area (TPSA) is 67.2 Å². The van der Waals surface area contributed by atoms with Gasteiger partial charge in [0, 0.05) is 11.3 Å². The molecule has 0 bridgehead atoms. The maximum absolute atomic E-state index is 10.6. The smallest absolute Gasteiger partial charge is 0.316 e. The van der Waals surface area contributed by atoms with E-state index in [1.54, 1.807) is 12.1 Å². The summed E-state index contributed by atoms with van der Waals surface area (Å²) < 4.78 is 0. The van der Waals surface area contributed by atoms with Crippen molar-refractivity contribution in [3.05, 3.63) is 29.8 Å². The number of benzene rings is 1. The van der Waals surface area contributed by atoms with Gasteiger partial charge in [0.05, 0.1) is 6.54 Å². The third-order valence-corrected chi connectivity index (χ3v) is 1.63. The molecule has 0 aliphatic rings. The number of hydrogen-bond donors (Lipinski definition) is 3. The highest BCUT2D eigenvalue weighted by Gasteiger charge is 1.95. The molecule has 0 fully saturated rings. The van der Waals surface area contributed by atoms with E-state index >= 15 is 0 Å². The van der Waals surface area contributed by atoms with Gasteiger partial charge < -0.3 is 16.4 Å². The summed E-state index contributed by atoms with van der Waals surface area (Å²) in [5.74, 6) is 5.88.